The number of carbonyl (C=O) groups excluding carboxylic acids is 1. The molecule has 0 fully saturated rings. The van der Waals surface area contributed by atoms with E-state index in [1.807, 2.05) is 5.32 Å². The summed E-state index contributed by atoms with van der Waals surface area (Å²) in [6, 6.07) is 2.75. The molecule has 3 aromatic heterocycles. The summed E-state index contributed by atoms with van der Waals surface area (Å²) in [7, 11) is 0. The highest BCUT2D eigenvalue weighted by molar-refractivity contribution is 5.92. The van der Waals surface area contributed by atoms with Crippen LogP contribution in [0, 0.1) is 5.82 Å². The number of rotatable bonds is 5. The second kappa shape index (κ2) is 7.06. The van der Waals surface area contributed by atoms with Gasteiger partial charge in [0, 0.05) is 27.6 Å². The van der Waals surface area contributed by atoms with Gasteiger partial charge >= 0.3 is 6.18 Å². The van der Waals surface area contributed by atoms with Crippen LogP contribution in [0.15, 0.2) is 30.7 Å². The quantitative estimate of drug-likeness (QED) is 0.565. The van der Waals surface area contributed by atoms with Gasteiger partial charge in [0.25, 0.3) is 0 Å². The molecule has 0 aromatic carbocycles. The maximum Gasteiger partial charge on any atom is 0.405 e. The molecule has 0 aliphatic rings. The molecule has 3 N–H and O–H groups in total. The van der Waals surface area contributed by atoms with Gasteiger partial charge in [-0.15, -0.1) is 0 Å². The maximum absolute atomic E-state index is 13.5. The van der Waals surface area contributed by atoms with Crippen LogP contribution in [0.25, 0.3) is 22.4 Å². The lowest BCUT2D eigenvalue weighted by atomic mass is 10.0. The van der Waals surface area contributed by atoms with E-state index in [0.29, 0.717) is 16.6 Å². The monoisotopic (exact) mass is 402 g/mol. The van der Waals surface area contributed by atoms with Crippen LogP contribution < -0.4 is 10.6 Å². The van der Waals surface area contributed by atoms with Crippen molar-refractivity contribution in [3.63, 3.8) is 0 Å². The van der Waals surface area contributed by atoms with Gasteiger partial charge in [0.05, 0.1) is 6.20 Å². The fourth-order valence-electron chi connectivity index (χ4n) is 2.50. The van der Waals surface area contributed by atoms with Crippen LogP contribution in [0.1, 0.15) is 18.1 Å². The molecule has 0 unspecified atom stereocenters. The number of anilines is 1. The molecule has 0 aliphatic carbocycles. The average molecular weight is 402 g/mol. The SMILES string of the molecule is CC(C)(Nc1ccnc(-c2c[nH]c3ncc(F)cc23)n1)C(=O)NCC(F)(F)F.[HH].[HH].[HH]. The number of H-pyrrole nitrogens is 1. The van der Waals surface area contributed by atoms with E-state index in [1.165, 1.54) is 32.2 Å². The van der Waals surface area contributed by atoms with Gasteiger partial charge in [0.1, 0.15) is 29.4 Å². The number of hydrogen-bond acceptors (Lipinski definition) is 5. The van der Waals surface area contributed by atoms with Gasteiger partial charge in [-0.05, 0) is 26.0 Å². The Morgan fingerprint density at radius 2 is 2.04 bits per heavy atom. The standard InChI is InChI=1S/C17H16F4N6O.3H2/c1-16(2,15(28)25-8-17(19,20)21)27-12-3-4-22-14(26-12)11-7-24-13-10(11)5-9(18)6-23-13;;;/h3-7H,8H2,1-2H3,(H,23,24)(H,25,28)(H,22,26,27);3*1H. The molecule has 3 heterocycles. The number of hydrogen-bond donors (Lipinski definition) is 3. The Labute approximate surface area is 161 Å². The number of halogens is 4. The van der Waals surface area contributed by atoms with E-state index in [2.05, 4.69) is 25.3 Å². The van der Waals surface area contributed by atoms with Crippen molar-refractivity contribution >= 4 is 22.8 Å². The highest BCUT2D eigenvalue weighted by atomic mass is 19.4. The fraction of sp³-hybridized carbons (Fsp3) is 0.294. The summed E-state index contributed by atoms with van der Waals surface area (Å²) in [6.07, 6.45) is -0.451. The molecule has 0 saturated heterocycles. The van der Waals surface area contributed by atoms with Crippen molar-refractivity contribution in [2.75, 3.05) is 11.9 Å². The van der Waals surface area contributed by atoms with Crippen molar-refractivity contribution in [3.05, 3.63) is 36.5 Å². The fourth-order valence-corrected chi connectivity index (χ4v) is 2.50. The second-order valence-electron chi connectivity index (χ2n) is 6.57. The topological polar surface area (TPSA) is 95.6 Å². The van der Waals surface area contributed by atoms with Gasteiger partial charge in [-0.2, -0.15) is 13.2 Å². The molecular formula is C17H22F4N6O. The Morgan fingerprint density at radius 3 is 2.75 bits per heavy atom. The molecule has 0 radical (unpaired) electrons. The first-order chi connectivity index (χ1) is 13.0. The minimum Gasteiger partial charge on any atom is -0.356 e. The van der Waals surface area contributed by atoms with Gasteiger partial charge in [-0.1, -0.05) is 0 Å². The molecule has 11 heteroatoms. The minimum absolute atomic E-state index is 0. The van der Waals surface area contributed by atoms with E-state index in [1.54, 1.807) is 6.20 Å². The van der Waals surface area contributed by atoms with Crippen molar-refractivity contribution < 1.29 is 26.6 Å². The summed E-state index contributed by atoms with van der Waals surface area (Å²) in [5.41, 5.74) is -0.430. The number of alkyl halides is 3. The molecule has 0 atom stereocenters. The zero-order valence-electron chi connectivity index (χ0n) is 14.9. The third kappa shape index (κ3) is 4.35. The van der Waals surface area contributed by atoms with Crippen LogP contribution in [0.4, 0.5) is 23.4 Å². The molecule has 7 nitrogen and oxygen atoms in total. The summed E-state index contributed by atoms with van der Waals surface area (Å²) in [6.45, 7) is 1.41. The summed E-state index contributed by atoms with van der Waals surface area (Å²) >= 11 is 0. The third-order valence-electron chi connectivity index (χ3n) is 3.85. The highest BCUT2D eigenvalue weighted by Crippen LogP contribution is 2.26. The van der Waals surface area contributed by atoms with Crippen LogP contribution in [-0.2, 0) is 4.79 Å². The predicted molar refractivity (Wildman–Crippen MR) is 100 cm³/mol. The summed E-state index contributed by atoms with van der Waals surface area (Å²) in [5, 5.41) is 5.09. The lowest BCUT2D eigenvalue weighted by Gasteiger charge is -2.26. The molecular weight excluding hydrogens is 380 g/mol. The Hall–Kier alpha value is -3.24. The predicted octanol–water partition coefficient (Wildman–Crippen LogP) is 3.77. The Morgan fingerprint density at radius 1 is 1.29 bits per heavy atom. The summed E-state index contributed by atoms with van der Waals surface area (Å²) < 4.78 is 50.4. The summed E-state index contributed by atoms with van der Waals surface area (Å²) in [5.74, 6) is -0.917. The van der Waals surface area contributed by atoms with Crippen LogP contribution in [0.2, 0.25) is 0 Å². The van der Waals surface area contributed by atoms with Crippen LogP contribution in [-0.4, -0.2) is 44.1 Å². The molecule has 3 rings (SSSR count). The molecule has 154 valence electrons. The Balaban J connectivity index is 0.00000300. The number of aromatic nitrogens is 4. The Kier molecular flexibility index (Phi) is 4.92. The number of fused-ring (bicyclic) bond motifs is 1. The molecule has 3 aromatic rings. The molecule has 1 amide bonds. The molecule has 0 bridgehead atoms. The van der Waals surface area contributed by atoms with E-state index in [0.717, 1.165) is 6.20 Å². The van der Waals surface area contributed by atoms with Crippen LogP contribution in [0.3, 0.4) is 0 Å². The smallest absolute Gasteiger partial charge is 0.356 e. The molecule has 0 saturated carbocycles. The van der Waals surface area contributed by atoms with Crippen LogP contribution in [0.5, 0.6) is 0 Å². The van der Waals surface area contributed by atoms with Gasteiger partial charge in [-0.3, -0.25) is 4.79 Å². The lowest BCUT2D eigenvalue weighted by molar-refractivity contribution is -0.140. The third-order valence-corrected chi connectivity index (χ3v) is 3.85. The maximum atomic E-state index is 13.5. The van der Waals surface area contributed by atoms with E-state index in [9.17, 15) is 22.4 Å². The van der Waals surface area contributed by atoms with E-state index in [-0.39, 0.29) is 15.9 Å². The van der Waals surface area contributed by atoms with E-state index in [4.69, 9.17) is 0 Å². The van der Waals surface area contributed by atoms with E-state index >= 15 is 0 Å². The van der Waals surface area contributed by atoms with Crippen molar-refractivity contribution in [3.8, 4) is 11.4 Å². The van der Waals surface area contributed by atoms with Crippen molar-refractivity contribution in [2.24, 2.45) is 0 Å². The number of aromatic amines is 1. The van der Waals surface area contributed by atoms with E-state index < -0.39 is 30.0 Å². The number of pyridine rings is 1. The zero-order valence-corrected chi connectivity index (χ0v) is 14.9. The number of carbonyl (C=O) groups is 1. The van der Waals surface area contributed by atoms with Crippen molar-refractivity contribution in [1.82, 2.24) is 25.3 Å². The van der Waals surface area contributed by atoms with Crippen molar-refractivity contribution in [2.45, 2.75) is 25.6 Å². The van der Waals surface area contributed by atoms with Gasteiger partial charge in [0.2, 0.25) is 5.91 Å². The first-order valence-corrected chi connectivity index (χ1v) is 8.14. The largest absolute Gasteiger partial charge is 0.405 e. The molecule has 28 heavy (non-hydrogen) atoms. The van der Waals surface area contributed by atoms with Crippen LogP contribution >= 0.6 is 0 Å². The van der Waals surface area contributed by atoms with Gasteiger partial charge < -0.3 is 15.6 Å². The average Bonchev–Trinajstić information content (AvgIpc) is 3.01. The normalized spacial score (nSPS) is 12.2. The summed E-state index contributed by atoms with van der Waals surface area (Å²) in [4.78, 5) is 27.3. The number of amides is 1. The molecule has 0 spiro atoms. The molecule has 0 aliphatic heterocycles. The first-order valence-electron chi connectivity index (χ1n) is 8.14. The second-order valence-corrected chi connectivity index (χ2v) is 6.57. The number of nitrogens with one attached hydrogen (secondary N) is 3. The number of nitrogens with zero attached hydrogens (tertiary/aromatic N) is 3. The minimum atomic E-state index is -4.51. The Bertz CT molecular complexity index is 1030. The first kappa shape index (κ1) is 19.5. The lowest BCUT2D eigenvalue weighted by Crippen LogP contribution is -2.50. The van der Waals surface area contributed by atoms with Gasteiger partial charge in [-0.25, -0.2) is 19.3 Å². The van der Waals surface area contributed by atoms with Gasteiger partial charge in [0.15, 0.2) is 5.82 Å². The highest BCUT2D eigenvalue weighted by Gasteiger charge is 2.33. The zero-order chi connectivity index (χ0) is 20.5. The van der Waals surface area contributed by atoms with Crippen molar-refractivity contribution in [1.29, 1.82) is 0 Å².